The molecule has 0 unspecified atom stereocenters. The van der Waals surface area contributed by atoms with Gasteiger partial charge in [0.25, 0.3) is 0 Å². The van der Waals surface area contributed by atoms with Crippen LogP contribution in [0.1, 0.15) is 37.7 Å². The van der Waals surface area contributed by atoms with Gasteiger partial charge in [0.05, 0.1) is 0 Å². The second-order valence-corrected chi connectivity index (χ2v) is 5.39. The molecule has 1 rings (SSSR count). The Morgan fingerprint density at radius 2 is 1.91 bits per heavy atom. The number of hydrogen-bond acceptors (Lipinski definition) is 3. The summed E-state index contributed by atoms with van der Waals surface area (Å²) in [5, 5.41) is 2.73. The molecular weight excluding hydrogens is 309 g/mol. The maximum absolute atomic E-state index is 12.1. The van der Waals surface area contributed by atoms with E-state index in [1.807, 2.05) is 0 Å². The summed E-state index contributed by atoms with van der Waals surface area (Å²) < 4.78 is 41.1. The number of carbonyl (C=O) groups excluding carboxylic acids is 1. The molecule has 0 atom stereocenters. The fourth-order valence-corrected chi connectivity index (χ4v) is 2.06. The van der Waals surface area contributed by atoms with Crippen LogP contribution >= 0.6 is 0 Å². The van der Waals surface area contributed by atoms with Crippen LogP contribution in [0.5, 0.6) is 5.75 Å². The van der Waals surface area contributed by atoms with Crippen LogP contribution in [0.3, 0.4) is 0 Å². The fraction of sp³-hybridized carbons (Fsp3) is 0.562. The van der Waals surface area contributed by atoms with Gasteiger partial charge in [0, 0.05) is 12.1 Å². The van der Waals surface area contributed by atoms with Crippen LogP contribution < -0.4 is 15.8 Å². The Hall–Kier alpha value is -1.76. The Balaban J connectivity index is 2.43. The van der Waals surface area contributed by atoms with E-state index in [1.165, 1.54) is 12.1 Å². The quantitative estimate of drug-likeness (QED) is 0.676. The topological polar surface area (TPSA) is 64.4 Å². The lowest BCUT2D eigenvalue weighted by atomic mass is 10.1. The molecule has 0 saturated heterocycles. The van der Waals surface area contributed by atoms with E-state index in [0.717, 1.165) is 25.7 Å². The Kier molecular flexibility index (Phi) is 7.88. The molecule has 4 nitrogen and oxygen atoms in total. The minimum Gasteiger partial charge on any atom is -0.484 e. The summed E-state index contributed by atoms with van der Waals surface area (Å²) in [5.74, 6) is 0.0446. The molecule has 1 amide bonds. The van der Waals surface area contributed by atoms with E-state index in [2.05, 4.69) is 5.32 Å². The van der Waals surface area contributed by atoms with Crippen LogP contribution in [0.4, 0.5) is 18.9 Å². The molecule has 130 valence electrons. The molecule has 1 aromatic carbocycles. The molecule has 0 spiro atoms. The van der Waals surface area contributed by atoms with Crippen molar-refractivity contribution in [2.45, 2.75) is 45.2 Å². The zero-order valence-corrected chi connectivity index (χ0v) is 13.2. The second-order valence-electron chi connectivity index (χ2n) is 5.39. The highest BCUT2D eigenvalue weighted by Crippen LogP contribution is 2.24. The average Bonchev–Trinajstić information content (AvgIpc) is 2.45. The lowest BCUT2D eigenvalue weighted by molar-refractivity contribution is -0.153. The fourth-order valence-electron chi connectivity index (χ4n) is 2.06. The third kappa shape index (κ3) is 8.44. The molecule has 3 N–H and O–H groups in total. The first-order valence-electron chi connectivity index (χ1n) is 7.62. The second kappa shape index (κ2) is 9.39. The van der Waals surface area contributed by atoms with E-state index in [9.17, 15) is 18.0 Å². The van der Waals surface area contributed by atoms with Crippen molar-refractivity contribution < 1.29 is 22.7 Å². The molecule has 0 fully saturated rings. The van der Waals surface area contributed by atoms with E-state index in [-0.39, 0.29) is 11.7 Å². The molecule has 0 heterocycles. The van der Waals surface area contributed by atoms with E-state index < -0.39 is 12.8 Å². The first-order chi connectivity index (χ1) is 10.8. The van der Waals surface area contributed by atoms with Gasteiger partial charge in [-0.25, -0.2) is 0 Å². The number of nitrogens with two attached hydrogens (primary N) is 1. The van der Waals surface area contributed by atoms with Gasteiger partial charge >= 0.3 is 6.18 Å². The number of carbonyl (C=O) groups is 1. The number of aryl methyl sites for hydroxylation is 1. The van der Waals surface area contributed by atoms with E-state index in [1.54, 1.807) is 13.0 Å². The highest BCUT2D eigenvalue weighted by molar-refractivity contribution is 5.90. The molecule has 0 aliphatic rings. The van der Waals surface area contributed by atoms with Gasteiger partial charge in [-0.05, 0) is 50.1 Å². The number of alkyl halides is 3. The van der Waals surface area contributed by atoms with Crippen molar-refractivity contribution in [3.8, 4) is 5.75 Å². The third-order valence-electron chi connectivity index (χ3n) is 3.21. The van der Waals surface area contributed by atoms with Crippen molar-refractivity contribution in [3.63, 3.8) is 0 Å². The van der Waals surface area contributed by atoms with Gasteiger partial charge in [-0.15, -0.1) is 0 Å². The number of nitrogens with one attached hydrogen (secondary N) is 1. The van der Waals surface area contributed by atoms with Crippen molar-refractivity contribution in [2.75, 3.05) is 18.5 Å². The summed E-state index contributed by atoms with van der Waals surface area (Å²) >= 11 is 0. The molecule has 7 heteroatoms. The Morgan fingerprint density at radius 1 is 1.22 bits per heavy atom. The van der Waals surface area contributed by atoms with Crippen LogP contribution in [0.2, 0.25) is 0 Å². The Morgan fingerprint density at radius 3 is 2.52 bits per heavy atom. The largest absolute Gasteiger partial charge is 0.484 e. The van der Waals surface area contributed by atoms with Gasteiger partial charge in [-0.2, -0.15) is 13.2 Å². The van der Waals surface area contributed by atoms with Crippen molar-refractivity contribution in [2.24, 2.45) is 5.73 Å². The molecule has 0 aromatic heterocycles. The van der Waals surface area contributed by atoms with Gasteiger partial charge in [0.2, 0.25) is 5.91 Å². The molecule has 0 aliphatic heterocycles. The lowest BCUT2D eigenvalue weighted by Crippen LogP contribution is -2.19. The van der Waals surface area contributed by atoms with Gasteiger partial charge < -0.3 is 15.8 Å². The minimum absolute atomic E-state index is 0.110. The third-order valence-corrected chi connectivity index (χ3v) is 3.21. The number of anilines is 1. The molecule has 1 aromatic rings. The van der Waals surface area contributed by atoms with Crippen molar-refractivity contribution in [3.05, 3.63) is 23.8 Å². The van der Waals surface area contributed by atoms with Crippen LogP contribution in [-0.2, 0) is 4.79 Å². The number of amides is 1. The standard InChI is InChI=1S/C16H23F3N2O2/c1-12-10-13(7-8-14(12)23-11-16(17,18)19)21-15(22)6-4-2-3-5-9-20/h7-8,10H,2-6,9,11,20H2,1H3,(H,21,22). The van der Waals surface area contributed by atoms with E-state index in [4.69, 9.17) is 10.5 Å². The molecule has 0 radical (unpaired) electrons. The van der Waals surface area contributed by atoms with E-state index >= 15 is 0 Å². The summed E-state index contributed by atoms with van der Waals surface area (Å²) in [6, 6.07) is 4.56. The molecule has 0 bridgehead atoms. The number of unbranched alkanes of at least 4 members (excludes halogenated alkanes) is 3. The van der Waals surface area contributed by atoms with E-state index in [0.29, 0.717) is 24.2 Å². The molecule has 0 aliphatic carbocycles. The molecular formula is C16H23F3N2O2. The van der Waals surface area contributed by atoms with Gasteiger partial charge in [-0.1, -0.05) is 12.8 Å². The lowest BCUT2D eigenvalue weighted by Gasteiger charge is -2.13. The van der Waals surface area contributed by atoms with Gasteiger partial charge in [0.1, 0.15) is 5.75 Å². The Labute approximate surface area is 134 Å². The summed E-state index contributed by atoms with van der Waals surface area (Å²) in [6.07, 6.45) is -0.251. The Bertz CT molecular complexity index is 505. The van der Waals surface area contributed by atoms with Crippen LogP contribution in [0.25, 0.3) is 0 Å². The normalized spacial score (nSPS) is 11.3. The molecule has 23 heavy (non-hydrogen) atoms. The predicted octanol–water partition coefficient (Wildman–Crippen LogP) is 3.78. The SMILES string of the molecule is Cc1cc(NC(=O)CCCCCCN)ccc1OCC(F)(F)F. The number of ether oxygens (including phenoxy) is 1. The van der Waals surface area contributed by atoms with Crippen molar-refractivity contribution in [1.29, 1.82) is 0 Å². The summed E-state index contributed by atoms with van der Waals surface area (Å²) in [5.41, 5.74) is 6.48. The first-order valence-corrected chi connectivity index (χ1v) is 7.62. The number of benzene rings is 1. The predicted molar refractivity (Wildman–Crippen MR) is 83.5 cm³/mol. The highest BCUT2D eigenvalue weighted by Gasteiger charge is 2.28. The zero-order valence-electron chi connectivity index (χ0n) is 13.2. The average molecular weight is 332 g/mol. The van der Waals surface area contributed by atoms with Crippen LogP contribution in [0, 0.1) is 6.92 Å². The summed E-state index contributed by atoms with van der Waals surface area (Å²) in [4.78, 5) is 11.8. The van der Waals surface area contributed by atoms with Crippen LogP contribution in [-0.4, -0.2) is 25.2 Å². The zero-order chi connectivity index (χ0) is 17.3. The summed E-state index contributed by atoms with van der Waals surface area (Å²) in [6.45, 7) is 0.963. The smallest absolute Gasteiger partial charge is 0.422 e. The minimum atomic E-state index is -4.37. The van der Waals surface area contributed by atoms with Crippen molar-refractivity contribution >= 4 is 11.6 Å². The van der Waals surface area contributed by atoms with Crippen LogP contribution in [0.15, 0.2) is 18.2 Å². The number of halogens is 3. The maximum atomic E-state index is 12.1. The van der Waals surface area contributed by atoms with Gasteiger partial charge in [-0.3, -0.25) is 4.79 Å². The molecule has 0 saturated carbocycles. The van der Waals surface area contributed by atoms with Gasteiger partial charge in [0.15, 0.2) is 6.61 Å². The highest BCUT2D eigenvalue weighted by atomic mass is 19.4. The first kappa shape index (κ1) is 19.3. The summed E-state index contributed by atoms with van der Waals surface area (Å²) in [7, 11) is 0. The number of hydrogen-bond donors (Lipinski definition) is 2. The monoisotopic (exact) mass is 332 g/mol. The maximum Gasteiger partial charge on any atom is 0.422 e. The number of rotatable bonds is 9. The van der Waals surface area contributed by atoms with Crippen molar-refractivity contribution in [1.82, 2.24) is 0 Å².